The topological polar surface area (TPSA) is 57.6 Å². The Hall–Kier alpha value is -1.06. The highest BCUT2D eigenvalue weighted by atomic mass is 16.4. The lowest BCUT2D eigenvalue weighted by atomic mass is 9.81. The fourth-order valence-electron chi connectivity index (χ4n) is 2.08. The quantitative estimate of drug-likeness (QED) is 0.736. The van der Waals surface area contributed by atoms with Crippen LogP contribution in [0.25, 0.3) is 0 Å². The molecule has 0 bridgehead atoms. The second-order valence-electron chi connectivity index (χ2n) is 4.00. The van der Waals surface area contributed by atoms with Crippen LogP contribution < -0.4 is 0 Å². The molecule has 0 spiro atoms. The number of piperidine rings is 1. The lowest BCUT2D eigenvalue weighted by Crippen LogP contribution is -2.42. The number of nitrogens with zero attached hydrogens (tertiary/aromatic N) is 1. The van der Waals surface area contributed by atoms with Gasteiger partial charge >= 0.3 is 5.97 Å². The van der Waals surface area contributed by atoms with E-state index < -0.39 is 5.97 Å². The molecule has 1 fully saturated rings. The van der Waals surface area contributed by atoms with Crippen molar-refractivity contribution in [3.05, 3.63) is 0 Å². The first-order chi connectivity index (χ1) is 6.54. The number of rotatable bonds is 3. The summed E-state index contributed by atoms with van der Waals surface area (Å²) in [7, 11) is 1.78. The first-order valence-corrected chi connectivity index (χ1v) is 5.00. The van der Waals surface area contributed by atoms with E-state index in [4.69, 9.17) is 5.11 Å². The Morgan fingerprint density at radius 2 is 2.21 bits per heavy atom. The molecular formula is C10H17NO3. The first kappa shape index (κ1) is 11.0. The van der Waals surface area contributed by atoms with Crippen LogP contribution in [0.4, 0.5) is 0 Å². The largest absolute Gasteiger partial charge is 0.481 e. The molecule has 0 aromatic rings. The van der Waals surface area contributed by atoms with Crippen molar-refractivity contribution in [1.82, 2.24) is 4.90 Å². The second kappa shape index (κ2) is 4.44. The lowest BCUT2D eigenvalue weighted by molar-refractivity contribution is -0.141. The average molecular weight is 199 g/mol. The Morgan fingerprint density at radius 3 is 2.71 bits per heavy atom. The minimum Gasteiger partial charge on any atom is -0.481 e. The van der Waals surface area contributed by atoms with E-state index in [0.717, 1.165) is 6.42 Å². The molecule has 1 aliphatic rings. The van der Waals surface area contributed by atoms with Gasteiger partial charge in [-0.15, -0.1) is 0 Å². The summed E-state index contributed by atoms with van der Waals surface area (Å²) in [6, 6.07) is 0. The van der Waals surface area contributed by atoms with E-state index in [1.807, 2.05) is 6.92 Å². The molecule has 4 nitrogen and oxygen atoms in total. The molecule has 0 aromatic heterocycles. The maximum atomic E-state index is 11.4. The van der Waals surface area contributed by atoms with Crippen LogP contribution in [-0.2, 0) is 9.59 Å². The van der Waals surface area contributed by atoms with Crippen LogP contribution in [0.15, 0.2) is 0 Å². The molecule has 2 atom stereocenters. The number of hydrogen-bond acceptors (Lipinski definition) is 2. The van der Waals surface area contributed by atoms with Gasteiger partial charge in [0.1, 0.15) is 0 Å². The molecule has 0 unspecified atom stereocenters. The van der Waals surface area contributed by atoms with Crippen molar-refractivity contribution in [1.29, 1.82) is 0 Å². The van der Waals surface area contributed by atoms with E-state index in [0.29, 0.717) is 18.9 Å². The Kier molecular flexibility index (Phi) is 3.49. The number of aliphatic carboxylic acids is 1. The Bertz CT molecular complexity index is 240. The molecule has 1 rings (SSSR count). The second-order valence-corrected chi connectivity index (χ2v) is 4.00. The van der Waals surface area contributed by atoms with Gasteiger partial charge in [0.15, 0.2) is 0 Å². The average Bonchev–Trinajstić information content (AvgIpc) is 2.10. The summed E-state index contributed by atoms with van der Waals surface area (Å²) in [5.74, 6) is -0.359. The predicted octanol–water partition coefficient (Wildman–Crippen LogP) is 0.966. The van der Waals surface area contributed by atoms with Crippen molar-refractivity contribution in [2.45, 2.75) is 26.2 Å². The molecular weight excluding hydrogens is 182 g/mol. The number of likely N-dealkylation sites (tertiary alicyclic amines) is 1. The number of carbonyl (C=O) groups excluding carboxylic acids is 1. The third-order valence-corrected chi connectivity index (χ3v) is 3.00. The summed E-state index contributed by atoms with van der Waals surface area (Å²) in [6.45, 7) is 2.75. The molecule has 1 saturated heterocycles. The molecule has 80 valence electrons. The van der Waals surface area contributed by atoms with Crippen molar-refractivity contribution in [2.75, 3.05) is 13.6 Å². The van der Waals surface area contributed by atoms with Crippen LogP contribution >= 0.6 is 0 Å². The molecule has 1 amide bonds. The van der Waals surface area contributed by atoms with Crippen molar-refractivity contribution < 1.29 is 14.7 Å². The van der Waals surface area contributed by atoms with E-state index in [9.17, 15) is 9.59 Å². The van der Waals surface area contributed by atoms with Gasteiger partial charge in [0.2, 0.25) is 5.91 Å². The first-order valence-electron chi connectivity index (χ1n) is 5.00. The Morgan fingerprint density at radius 1 is 1.57 bits per heavy atom. The SMILES string of the molecule is CC[C@H]1CN(C)C(=O)C[C@@H]1CC(=O)O. The minimum absolute atomic E-state index is 0.0289. The summed E-state index contributed by atoms with van der Waals surface area (Å²) < 4.78 is 0. The third-order valence-electron chi connectivity index (χ3n) is 3.00. The molecule has 0 saturated carbocycles. The summed E-state index contributed by atoms with van der Waals surface area (Å²) in [5.41, 5.74) is 0. The maximum Gasteiger partial charge on any atom is 0.303 e. The fraction of sp³-hybridized carbons (Fsp3) is 0.800. The van der Waals surface area contributed by atoms with Gasteiger partial charge in [-0.05, 0) is 11.8 Å². The third kappa shape index (κ3) is 2.47. The number of carboxylic acid groups (broad SMARTS) is 1. The monoisotopic (exact) mass is 199 g/mol. The van der Waals surface area contributed by atoms with Gasteiger partial charge < -0.3 is 10.0 Å². The van der Waals surface area contributed by atoms with Crippen molar-refractivity contribution in [2.24, 2.45) is 11.8 Å². The zero-order valence-corrected chi connectivity index (χ0v) is 8.69. The predicted molar refractivity (Wildman–Crippen MR) is 51.8 cm³/mol. The zero-order valence-electron chi connectivity index (χ0n) is 8.69. The van der Waals surface area contributed by atoms with Gasteiger partial charge in [-0.3, -0.25) is 9.59 Å². The number of hydrogen-bond donors (Lipinski definition) is 1. The van der Waals surface area contributed by atoms with E-state index in [1.54, 1.807) is 11.9 Å². The smallest absolute Gasteiger partial charge is 0.303 e. The van der Waals surface area contributed by atoms with Crippen LogP contribution in [0.5, 0.6) is 0 Å². The highest BCUT2D eigenvalue weighted by molar-refractivity contribution is 5.78. The Balaban J connectivity index is 2.62. The molecule has 0 radical (unpaired) electrons. The van der Waals surface area contributed by atoms with Crippen molar-refractivity contribution in [3.63, 3.8) is 0 Å². The van der Waals surface area contributed by atoms with Crippen LogP contribution in [0.1, 0.15) is 26.2 Å². The summed E-state index contributed by atoms with van der Waals surface area (Å²) in [5, 5.41) is 8.71. The highest BCUT2D eigenvalue weighted by Gasteiger charge is 2.32. The summed E-state index contributed by atoms with van der Waals surface area (Å²) in [6.07, 6.45) is 1.45. The molecule has 1 aliphatic heterocycles. The standard InChI is InChI=1S/C10H17NO3/c1-3-7-6-11(2)9(12)4-8(7)5-10(13)14/h7-8H,3-6H2,1-2H3,(H,13,14)/t7-,8+/m0/s1. The molecule has 14 heavy (non-hydrogen) atoms. The zero-order chi connectivity index (χ0) is 10.7. The van der Waals surface area contributed by atoms with Gasteiger partial charge in [-0.25, -0.2) is 0 Å². The van der Waals surface area contributed by atoms with E-state index in [-0.39, 0.29) is 18.2 Å². The van der Waals surface area contributed by atoms with Gasteiger partial charge in [-0.1, -0.05) is 13.3 Å². The fourth-order valence-corrected chi connectivity index (χ4v) is 2.08. The normalized spacial score (nSPS) is 27.9. The molecule has 1 heterocycles. The van der Waals surface area contributed by atoms with E-state index >= 15 is 0 Å². The minimum atomic E-state index is -0.800. The van der Waals surface area contributed by atoms with Crippen LogP contribution in [-0.4, -0.2) is 35.5 Å². The molecule has 4 heteroatoms. The van der Waals surface area contributed by atoms with Crippen LogP contribution in [0.2, 0.25) is 0 Å². The number of carbonyl (C=O) groups is 2. The van der Waals surface area contributed by atoms with Crippen LogP contribution in [0.3, 0.4) is 0 Å². The number of amides is 1. The number of carboxylic acids is 1. The van der Waals surface area contributed by atoms with Gasteiger partial charge in [0.25, 0.3) is 0 Å². The van der Waals surface area contributed by atoms with Crippen molar-refractivity contribution >= 4 is 11.9 Å². The van der Waals surface area contributed by atoms with Crippen molar-refractivity contribution in [3.8, 4) is 0 Å². The van der Waals surface area contributed by atoms with Gasteiger partial charge in [0.05, 0.1) is 0 Å². The van der Waals surface area contributed by atoms with Crippen LogP contribution in [0, 0.1) is 11.8 Å². The Labute approximate surface area is 83.9 Å². The van der Waals surface area contributed by atoms with E-state index in [1.165, 1.54) is 0 Å². The summed E-state index contributed by atoms with van der Waals surface area (Å²) >= 11 is 0. The lowest BCUT2D eigenvalue weighted by Gasteiger charge is -2.35. The van der Waals surface area contributed by atoms with Gasteiger partial charge in [-0.2, -0.15) is 0 Å². The highest BCUT2D eigenvalue weighted by Crippen LogP contribution is 2.28. The molecule has 0 aromatic carbocycles. The van der Waals surface area contributed by atoms with E-state index in [2.05, 4.69) is 0 Å². The molecule has 0 aliphatic carbocycles. The molecule has 1 N–H and O–H groups in total. The summed E-state index contributed by atoms with van der Waals surface area (Å²) in [4.78, 5) is 23.7. The van der Waals surface area contributed by atoms with Gasteiger partial charge in [0, 0.05) is 26.4 Å². The maximum absolute atomic E-state index is 11.4.